The number of hydrogen-bond donors (Lipinski definition) is 2. The van der Waals surface area contributed by atoms with Crippen LogP contribution in [0.1, 0.15) is 6.42 Å². The predicted molar refractivity (Wildman–Crippen MR) is 76.9 cm³/mol. The molecular weight excluding hydrogens is 254 g/mol. The summed E-state index contributed by atoms with van der Waals surface area (Å²) < 4.78 is 0. The lowest BCUT2D eigenvalue weighted by molar-refractivity contribution is -0.116. The summed E-state index contributed by atoms with van der Waals surface area (Å²) in [5.41, 5.74) is 4.46. The number of phenolic OH excluding ortho intramolecular Hbond substituents is 1. The van der Waals surface area contributed by atoms with Crippen molar-refractivity contribution >= 4 is 23.1 Å². The fourth-order valence-corrected chi connectivity index (χ4v) is 1.99. The van der Waals surface area contributed by atoms with Gasteiger partial charge in [0.25, 0.3) is 5.91 Å². The molecule has 0 radical (unpaired) electrons. The number of phenols is 1. The van der Waals surface area contributed by atoms with E-state index in [1.165, 1.54) is 5.01 Å². The highest BCUT2D eigenvalue weighted by molar-refractivity contribution is 6.14. The van der Waals surface area contributed by atoms with Crippen molar-refractivity contribution in [1.29, 1.82) is 0 Å². The number of hydrogen-bond acceptors (Lipinski definition) is 3. The Balaban J connectivity index is 1.81. The molecular formula is C15H13N3O2. The Morgan fingerprint density at radius 3 is 2.45 bits per heavy atom. The third kappa shape index (κ3) is 2.47. The molecule has 0 spiro atoms. The van der Waals surface area contributed by atoms with Crippen LogP contribution in [-0.4, -0.2) is 16.8 Å². The molecule has 0 saturated carbocycles. The van der Waals surface area contributed by atoms with Gasteiger partial charge in [-0.25, -0.2) is 10.0 Å². The summed E-state index contributed by atoms with van der Waals surface area (Å²) in [5.74, 6) is 0.730. The first-order chi connectivity index (χ1) is 9.72. The van der Waals surface area contributed by atoms with E-state index in [1.54, 1.807) is 24.3 Å². The fraction of sp³-hybridized carbons (Fsp3) is 0.0667. The normalized spacial score (nSPS) is 16.5. The molecule has 3 rings (SSSR count). The van der Waals surface area contributed by atoms with Crippen molar-refractivity contribution in [2.24, 2.45) is 4.99 Å². The summed E-state index contributed by atoms with van der Waals surface area (Å²) in [6, 6.07) is 15.9. The summed E-state index contributed by atoms with van der Waals surface area (Å²) in [4.78, 5) is 16.3. The number of rotatable bonds is 2. The van der Waals surface area contributed by atoms with Crippen LogP contribution in [0, 0.1) is 0 Å². The Kier molecular flexibility index (Phi) is 3.09. The number of nitrogens with one attached hydrogen (secondary N) is 1. The second-order valence-corrected chi connectivity index (χ2v) is 4.43. The number of benzene rings is 2. The maximum absolute atomic E-state index is 12.0. The van der Waals surface area contributed by atoms with E-state index in [0.29, 0.717) is 11.5 Å². The highest BCUT2D eigenvalue weighted by atomic mass is 16.3. The third-order valence-electron chi connectivity index (χ3n) is 2.94. The molecule has 1 aliphatic rings. The molecule has 2 aromatic rings. The third-order valence-corrected chi connectivity index (χ3v) is 2.94. The van der Waals surface area contributed by atoms with E-state index >= 15 is 0 Å². The van der Waals surface area contributed by atoms with E-state index in [4.69, 9.17) is 0 Å². The van der Waals surface area contributed by atoms with Crippen molar-refractivity contribution in [2.45, 2.75) is 6.42 Å². The Labute approximate surface area is 116 Å². The van der Waals surface area contributed by atoms with E-state index in [1.807, 2.05) is 30.3 Å². The summed E-state index contributed by atoms with van der Waals surface area (Å²) in [7, 11) is 0. The standard InChI is InChI=1S/C15H13N3O2/c19-13-8-6-11(7-9-13)16-14-10-15(20)18(17-14)12-4-2-1-3-5-12/h1-9,19H,10H2,(H,16,17). The molecule has 0 unspecified atom stereocenters. The number of hydrazine groups is 1. The number of amides is 1. The van der Waals surface area contributed by atoms with Gasteiger partial charge in [-0.15, -0.1) is 0 Å². The Morgan fingerprint density at radius 1 is 1.05 bits per heavy atom. The number of carbonyl (C=O) groups is 1. The number of amidine groups is 1. The zero-order chi connectivity index (χ0) is 13.9. The number of para-hydroxylation sites is 1. The predicted octanol–water partition coefficient (Wildman–Crippen LogP) is 2.36. The van der Waals surface area contributed by atoms with Crippen LogP contribution in [-0.2, 0) is 4.79 Å². The highest BCUT2D eigenvalue weighted by Gasteiger charge is 2.26. The van der Waals surface area contributed by atoms with Gasteiger partial charge >= 0.3 is 0 Å². The van der Waals surface area contributed by atoms with Crippen molar-refractivity contribution in [3.63, 3.8) is 0 Å². The van der Waals surface area contributed by atoms with Gasteiger partial charge in [-0.05, 0) is 36.4 Å². The summed E-state index contributed by atoms with van der Waals surface area (Å²) in [6.07, 6.45) is 0.232. The maximum Gasteiger partial charge on any atom is 0.253 e. The molecule has 0 aromatic heterocycles. The van der Waals surface area contributed by atoms with Gasteiger partial charge < -0.3 is 5.11 Å². The van der Waals surface area contributed by atoms with Crippen LogP contribution in [0.2, 0.25) is 0 Å². The zero-order valence-electron chi connectivity index (χ0n) is 10.7. The van der Waals surface area contributed by atoms with Crippen LogP contribution in [0.5, 0.6) is 5.75 Å². The van der Waals surface area contributed by atoms with Crippen molar-refractivity contribution in [2.75, 3.05) is 5.01 Å². The van der Waals surface area contributed by atoms with E-state index < -0.39 is 0 Å². The second kappa shape index (κ2) is 5.05. The Morgan fingerprint density at radius 2 is 1.75 bits per heavy atom. The molecule has 0 atom stereocenters. The van der Waals surface area contributed by atoms with E-state index in [-0.39, 0.29) is 18.1 Å². The van der Waals surface area contributed by atoms with Crippen LogP contribution < -0.4 is 10.4 Å². The van der Waals surface area contributed by atoms with E-state index in [9.17, 15) is 9.90 Å². The van der Waals surface area contributed by atoms with Crippen LogP contribution in [0.15, 0.2) is 59.6 Å². The summed E-state index contributed by atoms with van der Waals surface area (Å²) >= 11 is 0. The van der Waals surface area contributed by atoms with Crippen LogP contribution >= 0.6 is 0 Å². The lowest BCUT2D eigenvalue weighted by atomic mass is 10.3. The fourth-order valence-electron chi connectivity index (χ4n) is 1.99. The van der Waals surface area contributed by atoms with Gasteiger partial charge in [0.15, 0.2) is 0 Å². The van der Waals surface area contributed by atoms with Gasteiger partial charge in [-0.3, -0.25) is 10.2 Å². The quantitative estimate of drug-likeness (QED) is 0.878. The molecule has 1 saturated heterocycles. The van der Waals surface area contributed by atoms with Crippen molar-refractivity contribution in [1.82, 2.24) is 5.43 Å². The van der Waals surface area contributed by atoms with Gasteiger partial charge in [0.1, 0.15) is 11.6 Å². The summed E-state index contributed by atoms with van der Waals surface area (Å²) in [6.45, 7) is 0. The molecule has 0 bridgehead atoms. The number of aromatic hydroxyl groups is 1. The van der Waals surface area contributed by atoms with Crippen LogP contribution in [0.25, 0.3) is 0 Å². The summed E-state index contributed by atoms with van der Waals surface area (Å²) in [5, 5.41) is 10.7. The zero-order valence-corrected chi connectivity index (χ0v) is 10.7. The Bertz CT molecular complexity index is 651. The number of anilines is 1. The number of nitrogens with zero attached hydrogens (tertiary/aromatic N) is 2. The van der Waals surface area contributed by atoms with Crippen molar-refractivity contribution in [3.8, 4) is 5.75 Å². The van der Waals surface area contributed by atoms with E-state index in [0.717, 1.165) is 5.69 Å². The molecule has 1 aliphatic heterocycles. The topological polar surface area (TPSA) is 64.9 Å². The average Bonchev–Trinajstić information content (AvgIpc) is 2.83. The van der Waals surface area contributed by atoms with Gasteiger partial charge in [0, 0.05) is 0 Å². The molecule has 5 heteroatoms. The minimum atomic E-state index is -0.0475. The molecule has 1 heterocycles. The minimum Gasteiger partial charge on any atom is -0.508 e. The Hall–Kier alpha value is -2.82. The van der Waals surface area contributed by atoms with Gasteiger partial charge in [0.2, 0.25) is 0 Å². The van der Waals surface area contributed by atoms with Gasteiger partial charge in [0.05, 0.1) is 17.8 Å². The number of carbonyl (C=O) groups excluding carboxylic acids is 1. The highest BCUT2D eigenvalue weighted by Crippen LogP contribution is 2.20. The first-order valence-electron chi connectivity index (χ1n) is 6.23. The maximum atomic E-state index is 12.0. The minimum absolute atomic E-state index is 0.0475. The molecule has 5 nitrogen and oxygen atoms in total. The first kappa shape index (κ1) is 12.2. The van der Waals surface area contributed by atoms with E-state index in [2.05, 4.69) is 10.4 Å². The molecule has 100 valence electrons. The molecule has 20 heavy (non-hydrogen) atoms. The molecule has 1 amide bonds. The van der Waals surface area contributed by atoms with Crippen molar-refractivity contribution < 1.29 is 9.90 Å². The lowest BCUT2D eigenvalue weighted by Crippen LogP contribution is -2.35. The largest absolute Gasteiger partial charge is 0.508 e. The molecule has 2 aromatic carbocycles. The van der Waals surface area contributed by atoms with Gasteiger partial charge in [-0.2, -0.15) is 0 Å². The van der Waals surface area contributed by atoms with Gasteiger partial charge in [-0.1, -0.05) is 18.2 Å². The first-order valence-corrected chi connectivity index (χ1v) is 6.23. The molecule has 0 aliphatic carbocycles. The number of aliphatic imine (C=N–C) groups is 1. The second-order valence-electron chi connectivity index (χ2n) is 4.43. The molecule has 2 N–H and O–H groups in total. The SMILES string of the molecule is O=C1CC(=Nc2ccc(O)cc2)NN1c1ccccc1. The average molecular weight is 267 g/mol. The smallest absolute Gasteiger partial charge is 0.253 e. The molecule has 1 fully saturated rings. The van der Waals surface area contributed by atoms with Crippen LogP contribution in [0.4, 0.5) is 11.4 Å². The lowest BCUT2D eigenvalue weighted by Gasteiger charge is -2.15. The van der Waals surface area contributed by atoms with Crippen LogP contribution in [0.3, 0.4) is 0 Å². The van der Waals surface area contributed by atoms with Crippen molar-refractivity contribution in [3.05, 3.63) is 54.6 Å². The monoisotopic (exact) mass is 267 g/mol.